The first-order valence-electron chi connectivity index (χ1n) is 5.93. The predicted octanol–water partition coefficient (Wildman–Crippen LogP) is 2.24. The summed E-state index contributed by atoms with van der Waals surface area (Å²) in [5.41, 5.74) is -0.0727. The molecule has 1 aromatic rings. The highest BCUT2D eigenvalue weighted by Crippen LogP contribution is 2.28. The number of hydrogen-bond donors (Lipinski definition) is 0. The number of likely N-dealkylation sites (N-methyl/N-ethyl adjacent to an activating group) is 1. The maximum absolute atomic E-state index is 12.4. The minimum Gasteiger partial charge on any atom is -0.369 e. The summed E-state index contributed by atoms with van der Waals surface area (Å²) in [6.45, 7) is 3.62. The summed E-state index contributed by atoms with van der Waals surface area (Å²) in [5, 5.41) is 0. The van der Waals surface area contributed by atoms with Crippen LogP contribution in [0.25, 0.3) is 0 Å². The molecule has 0 saturated carbocycles. The van der Waals surface area contributed by atoms with E-state index >= 15 is 0 Å². The molecule has 0 spiro atoms. The van der Waals surface area contributed by atoms with E-state index in [0.717, 1.165) is 44.4 Å². The second-order valence-corrected chi connectivity index (χ2v) is 4.54. The Morgan fingerprint density at radius 3 is 2.50 bits per heavy atom. The van der Waals surface area contributed by atoms with Crippen molar-refractivity contribution in [2.75, 3.05) is 38.1 Å². The number of pyridine rings is 1. The molecule has 18 heavy (non-hydrogen) atoms. The van der Waals surface area contributed by atoms with Gasteiger partial charge < -0.3 is 9.80 Å². The molecule has 6 heteroatoms. The van der Waals surface area contributed by atoms with Crippen LogP contribution < -0.4 is 4.90 Å². The van der Waals surface area contributed by atoms with Gasteiger partial charge in [-0.1, -0.05) is 0 Å². The minimum absolute atomic E-state index is 0.762. The monoisotopic (exact) mass is 259 g/mol. The van der Waals surface area contributed by atoms with E-state index in [1.807, 2.05) is 0 Å². The molecule has 1 aliphatic heterocycles. The molecule has 0 N–H and O–H groups in total. The van der Waals surface area contributed by atoms with E-state index in [0.29, 0.717) is 0 Å². The fraction of sp³-hybridized carbons (Fsp3) is 0.583. The van der Waals surface area contributed by atoms with Crippen molar-refractivity contribution in [2.45, 2.75) is 12.6 Å². The lowest BCUT2D eigenvalue weighted by Gasteiger charge is -2.22. The first-order chi connectivity index (χ1) is 8.47. The zero-order chi connectivity index (χ0) is 13.2. The Balaban J connectivity index is 2.09. The van der Waals surface area contributed by atoms with Crippen LogP contribution in [0.4, 0.5) is 18.9 Å². The molecule has 0 atom stereocenters. The second kappa shape index (κ2) is 5.14. The van der Waals surface area contributed by atoms with Gasteiger partial charge in [-0.25, -0.2) is 4.98 Å². The van der Waals surface area contributed by atoms with Crippen LogP contribution in [0.3, 0.4) is 0 Å². The molecule has 3 nitrogen and oxygen atoms in total. The van der Waals surface area contributed by atoms with Gasteiger partial charge in [0.05, 0.1) is 11.9 Å². The van der Waals surface area contributed by atoms with Crippen molar-refractivity contribution in [3.63, 3.8) is 0 Å². The highest BCUT2D eigenvalue weighted by atomic mass is 19.4. The third-order valence-corrected chi connectivity index (χ3v) is 3.12. The molecule has 2 heterocycles. The maximum atomic E-state index is 12.4. The fourth-order valence-corrected chi connectivity index (χ4v) is 2.05. The van der Waals surface area contributed by atoms with Crippen molar-refractivity contribution in [3.8, 4) is 0 Å². The van der Waals surface area contributed by atoms with Gasteiger partial charge in [0.15, 0.2) is 0 Å². The van der Waals surface area contributed by atoms with Gasteiger partial charge in [0.25, 0.3) is 0 Å². The number of halogens is 3. The van der Waals surface area contributed by atoms with E-state index in [9.17, 15) is 13.2 Å². The summed E-state index contributed by atoms with van der Waals surface area (Å²) in [6, 6.07) is 2.55. The molecule has 0 unspecified atom stereocenters. The lowest BCUT2D eigenvalue weighted by Crippen LogP contribution is -2.28. The van der Waals surface area contributed by atoms with Crippen LogP contribution in [-0.2, 0) is 6.18 Å². The molecule has 0 amide bonds. The molecular weight excluding hydrogens is 243 g/mol. The number of anilines is 1. The van der Waals surface area contributed by atoms with Crippen molar-refractivity contribution in [3.05, 3.63) is 24.0 Å². The SMILES string of the molecule is CN1CCCN(c2ccc(C(F)(F)F)nc2)CC1. The van der Waals surface area contributed by atoms with E-state index in [2.05, 4.69) is 21.8 Å². The third kappa shape index (κ3) is 3.13. The van der Waals surface area contributed by atoms with Crippen molar-refractivity contribution >= 4 is 5.69 Å². The highest BCUT2D eigenvalue weighted by molar-refractivity contribution is 5.45. The van der Waals surface area contributed by atoms with Gasteiger partial charge in [0.2, 0.25) is 0 Å². The molecule has 1 aromatic heterocycles. The summed E-state index contributed by atoms with van der Waals surface area (Å²) in [5.74, 6) is 0. The highest BCUT2D eigenvalue weighted by Gasteiger charge is 2.32. The largest absolute Gasteiger partial charge is 0.433 e. The summed E-state index contributed by atoms with van der Waals surface area (Å²) >= 11 is 0. The van der Waals surface area contributed by atoms with Gasteiger partial charge in [-0.2, -0.15) is 13.2 Å². The molecule has 0 aliphatic carbocycles. The van der Waals surface area contributed by atoms with Gasteiger partial charge in [-0.3, -0.25) is 0 Å². The molecule has 2 rings (SSSR count). The van der Waals surface area contributed by atoms with Gasteiger partial charge in [-0.05, 0) is 32.1 Å². The average molecular weight is 259 g/mol. The van der Waals surface area contributed by atoms with Crippen LogP contribution in [-0.4, -0.2) is 43.1 Å². The van der Waals surface area contributed by atoms with E-state index in [4.69, 9.17) is 0 Å². The summed E-state index contributed by atoms with van der Waals surface area (Å²) in [7, 11) is 2.05. The predicted molar refractivity (Wildman–Crippen MR) is 63.6 cm³/mol. The van der Waals surface area contributed by atoms with Crippen molar-refractivity contribution in [2.24, 2.45) is 0 Å². The smallest absolute Gasteiger partial charge is 0.369 e. The van der Waals surface area contributed by atoms with Crippen LogP contribution in [0.1, 0.15) is 12.1 Å². The van der Waals surface area contributed by atoms with Gasteiger partial charge in [0.1, 0.15) is 5.69 Å². The van der Waals surface area contributed by atoms with Crippen LogP contribution in [0.5, 0.6) is 0 Å². The second-order valence-electron chi connectivity index (χ2n) is 4.54. The molecular formula is C12H16F3N3. The van der Waals surface area contributed by atoms with Crippen molar-refractivity contribution in [1.82, 2.24) is 9.88 Å². The molecule has 1 saturated heterocycles. The Labute approximate surface area is 104 Å². The van der Waals surface area contributed by atoms with Crippen molar-refractivity contribution in [1.29, 1.82) is 0 Å². The zero-order valence-electron chi connectivity index (χ0n) is 10.2. The first-order valence-corrected chi connectivity index (χ1v) is 5.93. The number of alkyl halides is 3. The number of hydrogen-bond acceptors (Lipinski definition) is 3. The van der Waals surface area contributed by atoms with E-state index in [-0.39, 0.29) is 0 Å². The number of rotatable bonds is 1. The topological polar surface area (TPSA) is 19.4 Å². The third-order valence-electron chi connectivity index (χ3n) is 3.12. The van der Waals surface area contributed by atoms with E-state index in [1.165, 1.54) is 12.3 Å². The van der Waals surface area contributed by atoms with Crippen LogP contribution in [0.2, 0.25) is 0 Å². The van der Waals surface area contributed by atoms with Gasteiger partial charge in [0, 0.05) is 19.6 Å². The number of aromatic nitrogens is 1. The van der Waals surface area contributed by atoms with E-state index < -0.39 is 11.9 Å². The van der Waals surface area contributed by atoms with Crippen molar-refractivity contribution < 1.29 is 13.2 Å². The minimum atomic E-state index is -4.36. The van der Waals surface area contributed by atoms with Crippen LogP contribution in [0, 0.1) is 0 Å². The van der Waals surface area contributed by atoms with E-state index in [1.54, 1.807) is 0 Å². The molecule has 1 fully saturated rings. The molecule has 0 radical (unpaired) electrons. The number of nitrogens with zero attached hydrogens (tertiary/aromatic N) is 3. The summed E-state index contributed by atoms with van der Waals surface area (Å²) in [4.78, 5) is 7.79. The molecule has 1 aliphatic rings. The fourth-order valence-electron chi connectivity index (χ4n) is 2.05. The molecule has 100 valence electrons. The standard InChI is InChI=1S/C12H16F3N3/c1-17-5-2-6-18(8-7-17)10-3-4-11(16-9-10)12(13,14)15/h3-4,9H,2,5-8H2,1H3. The zero-order valence-corrected chi connectivity index (χ0v) is 10.2. The average Bonchev–Trinajstić information content (AvgIpc) is 2.53. The lowest BCUT2D eigenvalue weighted by atomic mass is 10.3. The Hall–Kier alpha value is -1.30. The van der Waals surface area contributed by atoms with Gasteiger partial charge in [-0.15, -0.1) is 0 Å². The maximum Gasteiger partial charge on any atom is 0.433 e. The Kier molecular flexibility index (Phi) is 3.75. The Morgan fingerprint density at radius 1 is 1.11 bits per heavy atom. The Morgan fingerprint density at radius 2 is 1.89 bits per heavy atom. The normalized spacial score (nSPS) is 18.8. The first kappa shape index (κ1) is 13.1. The Bertz CT molecular complexity index is 389. The van der Waals surface area contributed by atoms with Gasteiger partial charge >= 0.3 is 6.18 Å². The quantitative estimate of drug-likeness (QED) is 0.771. The van der Waals surface area contributed by atoms with Crippen LogP contribution >= 0.6 is 0 Å². The summed E-state index contributed by atoms with van der Waals surface area (Å²) < 4.78 is 37.2. The lowest BCUT2D eigenvalue weighted by molar-refractivity contribution is -0.141. The van der Waals surface area contributed by atoms with Crippen LogP contribution in [0.15, 0.2) is 18.3 Å². The molecule has 0 aromatic carbocycles. The summed E-state index contributed by atoms with van der Waals surface area (Å²) in [6.07, 6.45) is -2.04. The molecule has 0 bridgehead atoms.